The summed E-state index contributed by atoms with van der Waals surface area (Å²) in [6.07, 6.45) is 2.05. The number of rotatable bonds is 5. The van der Waals surface area contributed by atoms with E-state index >= 15 is 0 Å². The molecule has 0 aliphatic carbocycles. The highest BCUT2D eigenvalue weighted by Crippen LogP contribution is 2.40. The number of nitrogens with one attached hydrogen (secondary N) is 1. The van der Waals surface area contributed by atoms with Gasteiger partial charge >= 0.3 is 0 Å². The van der Waals surface area contributed by atoms with Gasteiger partial charge in [-0.25, -0.2) is 0 Å². The van der Waals surface area contributed by atoms with Gasteiger partial charge in [-0.05, 0) is 34.7 Å². The Balaban J connectivity index is 1.85. The fraction of sp³-hybridized carbons (Fsp3) is 0.211. The second-order valence-electron chi connectivity index (χ2n) is 5.91. The van der Waals surface area contributed by atoms with Gasteiger partial charge < -0.3 is 19.5 Å². The number of hydrogen-bond donors (Lipinski definition) is 1. The molecule has 8 heteroatoms. The van der Waals surface area contributed by atoms with Crippen molar-refractivity contribution in [3.63, 3.8) is 0 Å². The molecule has 2 aromatic carbocycles. The molecule has 0 saturated heterocycles. The average molecular weight is 365 g/mol. The summed E-state index contributed by atoms with van der Waals surface area (Å²) in [4.78, 5) is 0. The third-order valence-electron chi connectivity index (χ3n) is 4.46. The van der Waals surface area contributed by atoms with E-state index in [1.807, 2.05) is 42.5 Å². The highest BCUT2D eigenvalue weighted by atomic mass is 16.5. The van der Waals surface area contributed by atoms with Gasteiger partial charge in [-0.1, -0.05) is 29.4 Å². The van der Waals surface area contributed by atoms with Gasteiger partial charge in [0.2, 0.25) is 5.95 Å². The van der Waals surface area contributed by atoms with E-state index in [1.54, 1.807) is 26.0 Å². The third kappa shape index (κ3) is 2.95. The summed E-state index contributed by atoms with van der Waals surface area (Å²) < 4.78 is 18.1. The Bertz CT molecular complexity index is 999. The van der Waals surface area contributed by atoms with Crippen molar-refractivity contribution in [2.75, 3.05) is 26.6 Å². The van der Waals surface area contributed by atoms with Crippen LogP contribution in [0.2, 0.25) is 0 Å². The van der Waals surface area contributed by atoms with Crippen molar-refractivity contribution in [3.05, 3.63) is 59.7 Å². The van der Waals surface area contributed by atoms with Crippen molar-refractivity contribution in [2.24, 2.45) is 0 Å². The second kappa shape index (κ2) is 6.99. The van der Waals surface area contributed by atoms with Crippen LogP contribution < -0.4 is 19.5 Å². The third-order valence-corrected chi connectivity index (χ3v) is 4.46. The standard InChI is InChI=1S/C19H19N5O3/c1-25-13-7-4-6-12(10-13)15-11-16(24-19(20-15)21-22-23-24)14-8-5-9-17(26-2)18(14)27-3/h4-11,16H,1-3H3,(H,20,21,23)/t16-/m0/s1. The van der Waals surface area contributed by atoms with Gasteiger partial charge in [0.05, 0.1) is 21.3 Å². The largest absolute Gasteiger partial charge is 0.497 e. The molecule has 4 rings (SSSR count). The maximum atomic E-state index is 5.61. The first-order valence-electron chi connectivity index (χ1n) is 8.37. The quantitative estimate of drug-likeness (QED) is 0.744. The molecule has 1 aliphatic rings. The van der Waals surface area contributed by atoms with Crippen molar-refractivity contribution in [3.8, 4) is 17.2 Å². The molecule has 0 unspecified atom stereocenters. The number of aromatic nitrogens is 4. The van der Waals surface area contributed by atoms with E-state index in [2.05, 4.69) is 26.9 Å². The summed E-state index contributed by atoms with van der Waals surface area (Å²) in [5, 5.41) is 15.3. The first-order valence-corrected chi connectivity index (χ1v) is 8.37. The zero-order valence-corrected chi connectivity index (χ0v) is 15.2. The zero-order valence-electron chi connectivity index (χ0n) is 15.2. The number of ether oxygens (including phenoxy) is 3. The van der Waals surface area contributed by atoms with E-state index in [-0.39, 0.29) is 6.04 Å². The Kier molecular flexibility index (Phi) is 4.37. The van der Waals surface area contributed by atoms with Crippen LogP contribution in [0.3, 0.4) is 0 Å². The molecule has 1 atom stereocenters. The van der Waals surface area contributed by atoms with Crippen LogP contribution in [0.1, 0.15) is 17.2 Å². The van der Waals surface area contributed by atoms with Crippen LogP contribution in [0.15, 0.2) is 48.5 Å². The van der Waals surface area contributed by atoms with E-state index in [9.17, 15) is 0 Å². The molecule has 1 aromatic heterocycles. The van der Waals surface area contributed by atoms with E-state index in [0.717, 1.165) is 22.6 Å². The van der Waals surface area contributed by atoms with Crippen LogP contribution in [0.25, 0.3) is 5.70 Å². The second-order valence-corrected chi connectivity index (χ2v) is 5.91. The Morgan fingerprint density at radius 2 is 1.85 bits per heavy atom. The van der Waals surface area contributed by atoms with Crippen molar-refractivity contribution in [1.29, 1.82) is 0 Å². The molecule has 3 aromatic rings. The maximum absolute atomic E-state index is 5.61. The fourth-order valence-electron chi connectivity index (χ4n) is 3.18. The number of para-hydroxylation sites is 1. The van der Waals surface area contributed by atoms with Crippen LogP contribution in [-0.2, 0) is 0 Å². The molecular formula is C19H19N5O3. The lowest BCUT2D eigenvalue weighted by Gasteiger charge is -2.25. The SMILES string of the molecule is COc1cccc(C2=C[C@@H](c3cccc(OC)c3OC)n3nnnc3N2)c1. The van der Waals surface area contributed by atoms with E-state index in [0.29, 0.717) is 17.4 Å². The van der Waals surface area contributed by atoms with E-state index in [4.69, 9.17) is 14.2 Å². The molecule has 0 bridgehead atoms. The topological polar surface area (TPSA) is 83.3 Å². The summed E-state index contributed by atoms with van der Waals surface area (Å²) in [5.41, 5.74) is 2.74. The van der Waals surface area contributed by atoms with Crippen molar-refractivity contribution < 1.29 is 14.2 Å². The Morgan fingerprint density at radius 3 is 2.63 bits per heavy atom. The van der Waals surface area contributed by atoms with Crippen molar-refractivity contribution >= 4 is 11.6 Å². The van der Waals surface area contributed by atoms with Crippen molar-refractivity contribution in [1.82, 2.24) is 20.2 Å². The smallest absolute Gasteiger partial charge is 0.248 e. The predicted octanol–water partition coefficient (Wildman–Crippen LogP) is 2.75. The van der Waals surface area contributed by atoms with Crippen molar-refractivity contribution in [2.45, 2.75) is 6.04 Å². The van der Waals surface area contributed by atoms with Gasteiger partial charge in [0, 0.05) is 16.8 Å². The maximum Gasteiger partial charge on any atom is 0.248 e. The molecule has 0 spiro atoms. The first-order chi connectivity index (χ1) is 13.2. The zero-order chi connectivity index (χ0) is 18.8. The van der Waals surface area contributed by atoms with Crippen LogP contribution in [0, 0.1) is 0 Å². The number of fused-ring (bicyclic) bond motifs is 1. The van der Waals surface area contributed by atoms with Crippen LogP contribution in [0.5, 0.6) is 17.2 Å². The minimum absolute atomic E-state index is 0.262. The number of nitrogens with zero attached hydrogens (tertiary/aromatic N) is 4. The number of anilines is 1. The summed E-state index contributed by atoms with van der Waals surface area (Å²) in [6, 6.07) is 13.3. The molecule has 0 amide bonds. The Morgan fingerprint density at radius 1 is 1.00 bits per heavy atom. The normalized spacial score (nSPS) is 15.4. The Labute approximate surface area is 156 Å². The average Bonchev–Trinajstić information content (AvgIpc) is 3.21. The van der Waals surface area contributed by atoms with Crippen LogP contribution >= 0.6 is 0 Å². The van der Waals surface area contributed by atoms with Gasteiger partial charge in [0.1, 0.15) is 11.8 Å². The highest BCUT2D eigenvalue weighted by molar-refractivity contribution is 5.77. The molecule has 1 aliphatic heterocycles. The summed E-state index contributed by atoms with van der Waals surface area (Å²) >= 11 is 0. The number of tetrazole rings is 1. The highest BCUT2D eigenvalue weighted by Gasteiger charge is 2.27. The lowest BCUT2D eigenvalue weighted by molar-refractivity contribution is 0.348. The number of hydrogen-bond acceptors (Lipinski definition) is 7. The molecule has 0 fully saturated rings. The van der Waals surface area contributed by atoms with Crippen LogP contribution in [0.4, 0.5) is 5.95 Å². The van der Waals surface area contributed by atoms with E-state index in [1.165, 1.54) is 0 Å². The fourth-order valence-corrected chi connectivity index (χ4v) is 3.18. The monoisotopic (exact) mass is 365 g/mol. The van der Waals surface area contributed by atoms with Crippen LogP contribution in [-0.4, -0.2) is 41.5 Å². The lowest BCUT2D eigenvalue weighted by Crippen LogP contribution is -2.21. The van der Waals surface area contributed by atoms with Gasteiger partial charge in [-0.15, -0.1) is 0 Å². The molecule has 27 heavy (non-hydrogen) atoms. The molecule has 138 valence electrons. The molecule has 0 radical (unpaired) electrons. The minimum Gasteiger partial charge on any atom is -0.497 e. The lowest BCUT2D eigenvalue weighted by atomic mass is 10.0. The van der Waals surface area contributed by atoms with Gasteiger partial charge in [-0.3, -0.25) is 0 Å². The van der Waals surface area contributed by atoms with Gasteiger partial charge in [-0.2, -0.15) is 4.68 Å². The van der Waals surface area contributed by atoms with E-state index < -0.39 is 0 Å². The van der Waals surface area contributed by atoms with Gasteiger partial charge in [0.25, 0.3) is 0 Å². The Hall–Kier alpha value is -3.55. The number of allylic oxidation sites excluding steroid dienone is 1. The number of benzene rings is 2. The molecular weight excluding hydrogens is 346 g/mol. The number of methoxy groups -OCH3 is 3. The first kappa shape index (κ1) is 16.9. The minimum atomic E-state index is -0.262. The predicted molar refractivity (Wildman–Crippen MR) is 100 cm³/mol. The molecule has 1 N–H and O–H groups in total. The summed E-state index contributed by atoms with van der Waals surface area (Å²) in [7, 11) is 4.88. The molecule has 8 nitrogen and oxygen atoms in total. The van der Waals surface area contributed by atoms with Gasteiger partial charge in [0.15, 0.2) is 11.5 Å². The summed E-state index contributed by atoms with van der Waals surface area (Å²) in [5.74, 6) is 2.62. The molecule has 0 saturated carbocycles. The molecule has 2 heterocycles. The summed E-state index contributed by atoms with van der Waals surface area (Å²) in [6.45, 7) is 0.